The topological polar surface area (TPSA) is 136 Å². The van der Waals surface area contributed by atoms with E-state index in [2.05, 4.69) is 20.7 Å². The molecule has 0 radical (unpaired) electrons. The van der Waals surface area contributed by atoms with Crippen LogP contribution in [0.1, 0.15) is 55.0 Å². The van der Waals surface area contributed by atoms with Gasteiger partial charge in [0.25, 0.3) is 5.91 Å². The van der Waals surface area contributed by atoms with Gasteiger partial charge in [0.2, 0.25) is 11.7 Å². The molecule has 0 spiro atoms. The Labute approximate surface area is 238 Å². The summed E-state index contributed by atoms with van der Waals surface area (Å²) < 4.78 is 10.9. The number of phenolic OH excluding ortho intramolecular Hbond substituents is 1. The zero-order valence-corrected chi connectivity index (χ0v) is 23.4. The molecular formula is C30H34N6O5. The molecule has 2 aromatic heterocycles. The number of furan rings is 1. The van der Waals surface area contributed by atoms with Crippen LogP contribution >= 0.6 is 0 Å². The molecule has 1 aliphatic carbocycles. The lowest BCUT2D eigenvalue weighted by atomic mass is 9.94. The maximum absolute atomic E-state index is 14.2. The smallest absolute Gasteiger partial charge is 0.251 e. The second kappa shape index (κ2) is 12.2. The van der Waals surface area contributed by atoms with Gasteiger partial charge in [0, 0.05) is 11.7 Å². The number of carbonyl (C=O) groups excluding carboxylic acids is 2. The number of benzene rings is 2. The average molecular weight is 559 g/mol. The highest BCUT2D eigenvalue weighted by atomic mass is 16.5. The number of carbonyl (C=O) groups is 2. The van der Waals surface area contributed by atoms with Gasteiger partial charge in [-0.25, -0.2) is 0 Å². The first kappa shape index (κ1) is 27.9. The fourth-order valence-electron chi connectivity index (χ4n) is 5.22. The minimum atomic E-state index is -1.06. The summed E-state index contributed by atoms with van der Waals surface area (Å²) in [5, 5.41) is 25.9. The third-order valence-electron chi connectivity index (χ3n) is 7.31. The van der Waals surface area contributed by atoms with E-state index in [4.69, 9.17) is 9.15 Å². The molecule has 1 aliphatic rings. The predicted molar refractivity (Wildman–Crippen MR) is 151 cm³/mol. The Hall–Kier alpha value is -4.67. The van der Waals surface area contributed by atoms with Crippen molar-refractivity contribution in [2.45, 2.75) is 64.6 Å². The number of nitrogens with one attached hydrogen (secondary N) is 1. The van der Waals surface area contributed by atoms with Crippen molar-refractivity contribution >= 4 is 17.5 Å². The number of aromatic nitrogens is 4. The summed E-state index contributed by atoms with van der Waals surface area (Å²) >= 11 is 0. The number of ether oxygens (including phenoxy) is 1. The zero-order chi connectivity index (χ0) is 28.9. The lowest BCUT2D eigenvalue weighted by Gasteiger charge is -2.34. The zero-order valence-electron chi connectivity index (χ0n) is 23.4. The second-order valence-corrected chi connectivity index (χ2v) is 10.3. The van der Waals surface area contributed by atoms with Crippen LogP contribution in [0.2, 0.25) is 0 Å². The SMILES string of the molecule is COc1cc(C(C(=O)NC2CCCCC2)N(C(=O)Cn2nnc(-c3ccc(C)o3)n2)c2ccccc2C)ccc1O. The van der Waals surface area contributed by atoms with Gasteiger partial charge in [-0.2, -0.15) is 4.80 Å². The highest BCUT2D eigenvalue weighted by Crippen LogP contribution is 2.35. The number of nitrogens with zero attached hydrogens (tertiary/aromatic N) is 5. The molecule has 11 nitrogen and oxygen atoms in total. The largest absolute Gasteiger partial charge is 0.504 e. The molecule has 2 aromatic carbocycles. The molecule has 214 valence electrons. The minimum Gasteiger partial charge on any atom is -0.504 e. The van der Waals surface area contributed by atoms with Crippen molar-refractivity contribution in [2.75, 3.05) is 12.0 Å². The monoisotopic (exact) mass is 558 g/mol. The molecule has 11 heteroatoms. The molecule has 1 atom stereocenters. The first-order chi connectivity index (χ1) is 19.8. The molecule has 2 amide bonds. The third-order valence-corrected chi connectivity index (χ3v) is 7.31. The Morgan fingerprint density at radius 2 is 1.90 bits per heavy atom. The highest BCUT2D eigenvalue weighted by Gasteiger charge is 2.35. The van der Waals surface area contributed by atoms with Gasteiger partial charge in [-0.1, -0.05) is 43.5 Å². The Morgan fingerprint density at radius 3 is 2.61 bits per heavy atom. The van der Waals surface area contributed by atoms with E-state index in [0.717, 1.165) is 37.7 Å². The molecule has 0 bridgehead atoms. The van der Waals surface area contributed by atoms with E-state index < -0.39 is 11.9 Å². The fourth-order valence-corrected chi connectivity index (χ4v) is 5.22. The van der Waals surface area contributed by atoms with Crippen LogP contribution in [-0.4, -0.2) is 50.3 Å². The Bertz CT molecular complexity index is 1520. The van der Waals surface area contributed by atoms with Gasteiger partial charge in [0.05, 0.1) is 7.11 Å². The van der Waals surface area contributed by atoms with Crippen LogP contribution in [0.25, 0.3) is 11.6 Å². The molecule has 0 saturated heterocycles. The number of phenols is 1. The van der Waals surface area contributed by atoms with E-state index in [0.29, 0.717) is 22.8 Å². The Kier molecular flexibility index (Phi) is 8.32. The maximum Gasteiger partial charge on any atom is 0.251 e. The normalized spacial score (nSPS) is 14.4. The van der Waals surface area contributed by atoms with E-state index >= 15 is 0 Å². The molecule has 4 aromatic rings. The van der Waals surface area contributed by atoms with E-state index in [1.807, 2.05) is 32.0 Å². The predicted octanol–water partition coefficient (Wildman–Crippen LogP) is 4.49. The van der Waals surface area contributed by atoms with Gasteiger partial charge in [-0.05, 0) is 73.4 Å². The number of tetrazole rings is 1. The van der Waals surface area contributed by atoms with Gasteiger partial charge in [-0.3, -0.25) is 14.5 Å². The number of hydrogen-bond acceptors (Lipinski definition) is 8. The van der Waals surface area contributed by atoms with Crippen LogP contribution in [-0.2, 0) is 16.1 Å². The Balaban J connectivity index is 1.55. The van der Waals surface area contributed by atoms with E-state index in [-0.39, 0.29) is 35.8 Å². The van der Waals surface area contributed by atoms with Gasteiger partial charge in [-0.15, -0.1) is 10.2 Å². The van der Waals surface area contributed by atoms with Crippen LogP contribution in [0.4, 0.5) is 5.69 Å². The number of methoxy groups -OCH3 is 1. The number of anilines is 1. The van der Waals surface area contributed by atoms with Crippen molar-refractivity contribution in [1.29, 1.82) is 0 Å². The van der Waals surface area contributed by atoms with Crippen LogP contribution < -0.4 is 15.0 Å². The number of aromatic hydroxyl groups is 1. The lowest BCUT2D eigenvalue weighted by molar-refractivity contribution is -0.127. The van der Waals surface area contributed by atoms with E-state index in [1.54, 1.807) is 30.3 Å². The quantitative estimate of drug-likeness (QED) is 0.307. The van der Waals surface area contributed by atoms with Crippen LogP contribution in [0, 0.1) is 13.8 Å². The fraction of sp³-hybridized carbons (Fsp3) is 0.367. The van der Waals surface area contributed by atoms with E-state index in [1.165, 1.54) is 22.9 Å². The summed E-state index contributed by atoms with van der Waals surface area (Å²) in [6.45, 7) is 3.42. The maximum atomic E-state index is 14.2. The summed E-state index contributed by atoms with van der Waals surface area (Å²) in [7, 11) is 1.44. The van der Waals surface area contributed by atoms with Gasteiger partial charge >= 0.3 is 0 Å². The second-order valence-electron chi connectivity index (χ2n) is 10.3. The number of amides is 2. The molecule has 5 rings (SSSR count). The van der Waals surface area contributed by atoms with Gasteiger partial charge < -0.3 is 19.6 Å². The standard InChI is InChI=1S/C30H34N6O5/c1-19-9-7-8-12-23(19)36(27(38)18-35-33-29(32-34-35)25-16-13-20(2)41-25)28(21-14-15-24(37)26(17-21)40-3)30(39)31-22-10-5-4-6-11-22/h7-9,12-17,22,28,37H,4-6,10-11,18H2,1-3H3,(H,31,39). The minimum absolute atomic E-state index is 0.0166. The van der Waals surface area contributed by atoms with Crippen LogP contribution in [0.5, 0.6) is 11.5 Å². The van der Waals surface area contributed by atoms with Crippen molar-refractivity contribution in [2.24, 2.45) is 0 Å². The van der Waals surface area contributed by atoms with Gasteiger partial charge in [0.1, 0.15) is 18.3 Å². The number of para-hydroxylation sites is 1. The Morgan fingerprint density at radius 1 is 1.12 bits per heavy atom. The summed E-state index contributed by atoms with van der Waals surface area (Å²) in [5.74, 6) is 0.792. The first-order valence-corrected chi connectivity index (χ1v) is 13.7. The molecule has 0 aliphatic heterocycles. The van der Waals surface area contributed by atoms with Crippen molar-refractivity contribution in [3.8, 4) is 23.1 Å². The summed E-state index contributed by atoms with van der Waals surface area (Å²) in [6.07, 6.45) is 4.99. The first-order valence-electron chi connectivity index (χ1n) is 13.7. The highest BCUT2D eigenvalue weighted by molar-refractivity contribution is 6.01. The molecule has 2 N–H and O–H groups in total. The summed E-state index contributed by atoms with van der Waals surface area (Å²) in [4.78, 5) is 30.9. The van der Waals surface area contributed by atoms with Gasteiger partial charge in [0.15, 0.2) is 17.3 Å². The molecule has 1 unspecified atom stereocenters. The van der Waals surface area contributed by atoms with Crippen LogP contribution in [0.15, 0.2) is 59.0 Å². The number of aryl methyl sites for hydroxylation is 2. The molecule has 2 heterocycles. The molecule has 1 saturated carbocycles. The van der Waals surface area contributed by atoms with E-state index in [9.17, 15) is 14.7 Å². The molecular weight excluding hydrogens is 524 g/mol. The third kappa shape index (κ3) is 6.24. The number of hydrogen-bond donors (Lipinski definition) is 2. The van der Waals surface area contributed by atoms with Crippen molar-refractivity contribution in [3.05, 3.63) is 71.5 Å². The van der Waals surface area contributed by atoms with Crippen molar-refractivity contribution < 1.29 is 23.8 Å². The summed E-state index contributed by atoms with van der Waals surface area (Å²) in [6, 6.07) is 14.6. The van der Waals surface area contributed by atoms with Crippen molar-refractivity contribution in [3.63, 3.8) is 0 Å². The molecule has 41 heavy (non-hydrogen) atoms. The number of rotatable bonds is 9. The van der Waals surface area contributed by atoms with Crippen LogP contribution in [0.3, 0.4) is 0 Å². The summed E-state index contributed by atoms with van der Waals surface area (Å²) in [5.41, 5.74) is 1.86. The average Bonchev–Trinajstić information content (AvgIpc) is 3.62. The molecule has 1 fully saturated rings. The lowest BCUT2D eigenvalue weighted by Crippen LogP contribution is -2.48. The van der Waals surface area contributed by atoms with Crippen molar-refractivity contribution in [1.82, 2.24) is 25.5 Å².